The van der Waals surface area contributed by atoms with Crippen LogP contribution in [0.1, 0.15) is 12.5 Å². The largest absolute Gasteiger partial charge is 0.481 e. The molecule has 0 atom stereocenters. The molecule has 0 saturated heterocycles. The fourth-order valence-electron chi connectivity index (χ4n) is 1.10. The van der Waals surface area contributed by atoms with Crippen LogP contribution in [0.2, 0.25) is 0 Å². The van der Waals surface area contributed by atoms with Crippen LogP contribution in [0, 0.1) is 3.57 Å². The third kappa shape index (κ3) is 3.49. The molecule has 4 heteroatoms. The van der Waals surface area contributed by atoms with Crippen molar-refractivity contribution in [3.05, 3.63) is 27.3 Å². The predicted octanol–water partition coefficient (Wildman–Crippen LogP) is 3.03. The number of carbonyl (C=O) groups is 1. The van der Waals surface area contributed by atoms with Crippen molar-refractivity contribution >= 4 is 40.3 Å². The number of halogens is 1. The second-order valence-corrected chi connectivity index (χ2v) is 5.24. The molecular weight excluding hydrogens is 311 g/mol. The molecule has 1 aromatic rings. The van der Waals surface area contributed by atoms with Crippen LogP contribution in [-0.2, 0) is 11.2 Å². The molecule has 0 aromatic heterocycles. The Balaban J connectivity index is 2.88. The molecule has 0 aliphatic carbocycles. The van der Waals surface area contributed by atoms with Gasteiger partial charge in [0, 0.05) is 8.47 Å². The zero-order valence-electron chi connectivity index (χ0n) is 7.79. The fraction of sp³-hybridized carbons (Fsp3) is 0.300. The normalized spacial score (nSPS) is 10.1. The molecule has 14 heavy (non-hydrogen) atoms. The number of carboxylic acids is 1. The summed E-state index contributed by atoms with van der Waals surface area (Å²) >= 11 is 4.01. The smallest absolute Gasteiger partial charge is 0.307 e. The van der Waals surface area contributed by atoms with E-state index in [2.05, 4.69) is 29.5 Å². The Bertz CT molecular complexity index is 339. The zero-order valence-corrected chi connectivity index (χ0v) is 10.8. The molecule has 0 unspecified atom stereocenters. The summed E-state index contributed by atoms with van der Waals surface area (Å²) in [6.45, 7) is 2.09. The first kappa shape index (κ1) is 11.8. The SMILES string of the molecule is CCSc1cc(CC(=O)O)ccc1I. The minimum absolute atomic E-state index is 0.105. The van der Waals surface area contributed by atoms with Crippen LogP contribution >= 0.6 is 34.4 Å². The number of benzene rings is 1. The molecule has 0 bridgehead atoms. The van der Waals surface area contributed by atoms with Crippen molar-refractivity contribution in [2.45, 2.75) is 18.2 Å². The van der Waals surface area contributed by atoms with E-state index in [0.29, 0.717) is 0 Å². The van der Waals surface area contributed by atoms with Gasteiger partial charge in [0.25, 0.3) is 0 Å². The molecule has 0 radical (unpaired) electrons. The molecule has 0 saturated carbocycles. The molecule has 0 spiro atoms. The summed E-state index contributed by atoms with van der Waals surface area (Å²) in [5.41, 5.74) is 0.869. The molecule has 1 rings (SSSR count). The Hall–Kier alpha value is -0.230. The monoisotopic (exact) mass is 322 g/mol. The van der Waals surface area contributed by atoms with Crippen LogP contribution in [-0.4, -0.2) is 16.8 Å². The lowest BCUT2D eigenvalue weighted by Gasteiger charge is -2.04. The number of rotatable bonds is 4. The van der Waals surface area contributed by atoms with E-state index in [4.69, 9.17) is 5.11 Å². The van der Waals surface area contributed by atoms with E-state index >= 15 is 0 Å². The maximum atomic E-state index is 10.5. The van der Waals surface area contributed by atoms with E-state index in [1.807, 2.05) is 18.2 Å². The summed E-state index contributed by atoms with van der Waals surface area (Å²) in [5.74, 6) is 0.227. The highest BCUT2D eigenvalue weighted by Crippen LogP contribution is 2.25. The molecule has 1 aromatic carbocycles. The van der Waals surface area contributed by atoms with E-state index < -0.39 is 5.97 Å². The van der Waals surface area contributed by atoms with Crippen LogP contribution in [0.15, 0.2) is 23.1 Å². The summed E-state index contributed by atoms with van der Waals surface area (Å²) in [4.78, 5) is 11.7. The fourth-order valence-corrected chi connectivity index (χ4v) is 2.65. The maximum Gasteiger partial charge on any atom is 0.307 e. The van der Waals surface area contributed by atoms with Crippen LogP contribution in [0.5, 0.6) is 0 Å². The van der Waals surface area contributed by atoms with E-state index in [9.17, 15) is 4.79 Å². The second-order valence-electron chi connectivity index (χ2n) is 2.77. The van der Waals surface area contributed by atoms with Gasteiger partial charge in [-0.3, -0.25) is 4.79 Å². The average Bonchev–Trinajstić information content (AvgIpc) is 2.10. The van der Waals surface area contributed by atoms with Crippen molar-refractivity contribution < 1.29 is 9.90 Å². The zero-order chi connectivity index (χ0) is 10.6. The lowest BCUT2D eigenvalue weighted by atomic mass is 10.2. The second kappa shape index (κ2) is 5.60. The maximum absolute atomic E-state index is 10.5. The molecule has 0 heterocycles. The highest BCUT2D eigenvalue weighted by molar-refractivity contribution is 14.1. The van der Waals surface area contributed by atoms with Crippen molar-refractivity contribution in [3.8, 4) is 0 Å². The van der Waals surface area contributed by atoms with Gasteiger partial charge in [-0.1, -0.05) is 13.0 Å². The van der Waals surface area contributed by atoms with Gasteiger partial charge in [-0.2, -0.15) is 0 Å². The minimum Gasteiger partial charge on any atom is -0.481 e. The lowest BCUT2D eigenvalue weighted by Crippen LogP contribution is -2.00. The van der Waals surface area contributed by atoms with Crippen LogP contribution in [0.4, 0.5) is 0 Å². The van der Waals surface area contributed by atoms with Gasteiger partial charge in [0.15, 0.2) is 0 Å². The van der Waals surface area contributed by atoms with Crippen LogP contribution in [0.25, 0.3) is 0 Å². The van der Waals surface area contributed by atoms with E-state index in [-0.39, 0.29) is 6.42 Å². The predicted molar refractivity (Wildman–Crippen MR) is 66.9 cm³/mol. The summed E-state index contributed by atoms with van der Waals surface area (Å²) in [6, 6.07) is 5.80. The highest BCUT2D eigenvalue weighted by Gasteiger charge is 2.04. The lowest BCUT2D eigenvalue weighted by molar-refractivity contribution is -0.136. The third-order valence-electron chi connectivity index (χ3n) is 1.65. The molecule has 0 aliphatic rings. The van der Waals surface area contributed by atoms with E-state index in [1.165, 1.54) is 8.47 Å². The third-order valence-corrected chi connectivity index (χ3v) is 3.89. The van der Waals surface area contributed by atoms with Gasteiger partial charge in [0.05, 0.1) is 6.42 Å². The first-order valence-corrected chi connectivity index (χ1v) is 6.33. The van der Waals surface area contributed by atoms with Gasteiger partial charge < -0.3 is 5.11 Å². The van der Waals surface area contributed by atoms with Crippen molar-refractivity contribution in [1.29, 1.82) is 0 Å². The number of aliphatic carboxylic acids is 1. The molecule has 0 amide bonds. The Morgan fingerprint density at radius 2 is 2.29 bits per heavy atom. The van der Waals surface area contributed by atoms with Gasteiger partial charge in [0.1, 0.15) is 0 Å². The molecule has 1 N–H and O–H groups in total. The quantitative estimate of drug-likeness (QED) is 0.684. The first-order valence-electron chi connectivity index (χ1n) is 4.26. The molecular formula is C10H11IO2S. The summed E-state index contributed by atoms with van der Waals surface area (Å²) in [6.07, 6.45) is 0.105. The Morgan fingerprint density at radius 3 is 2.86 bits per heavy atom. The van der Waals surface area contributed by atoms with E-state index in [1.54, 1.807) is 11.8 Å². The van der Waals surface area contributed by atoms with Gasteiger partial charge in [0.2, 0.25) is 0 Å². The average molecular weight is 322 g/mol. The van der Waals surface area contributed by atoms with Gasteiger partial charge in [-0.15, -0.1) is 11.8 Å². The van der Waals surface area contributed by atoms with Gasteiger partial charge in [-0.25, -0.2) is 0 Å². The topological polar surface area (TPSA) is 37.3 Å². The number of thioether (sulfide) groups is 1. The Kier molecular flexibility index (Phi) is 4.74. The number of hydrogen-bond donors (Lipinski definition) is 1. The highest BCUT2D eigenvalue weighted by atomic mass is 127. The molecule has 0 aliphatic heterocycles. The van der Waals surface area contributed by atoms with Crippen molar-refractivity contribution in [2.75, 3.05) is 5.75 Å². The minimum atomic E-state index is -0.779. The summed E-state index contributed by atoms with van der Waals surface area (Å²) in [5, 5.41) is 8.65. The number of hydrogen-bond acceptors (Lipinski definition) is 2. The molecule has 0 fully saturated rings. The number of carboxylic acid groups (broad SMARTS) is 1. The van der Waals surface area contributed by atoms with Crippen molar-refractivity contribution in [2.24, 2.45) is 0 Å². The van der Waals surface area contributed by atoms with Gasteiger partial charge in [-0.05, 0) is 46.0 Å². The van der Waals surface area contributed by atoms with Gasteiger partial charge >= 0.3 is 5.97 Å². The molecule has 76 valence electrons. The van der Waals surface area contributed by atoms with E-state index in [0.717, 1.165) is 11.3 Å². The van der Waals surface area contributed by atoms with Crippen LogP contribution < -0.4 is 0 Å². The molecule has 2 nitrogen and oxygen atoms in total. The summed E-state index contributed by atoms with van der Waals surface area (Å²) < 4.78 is 1.18. The standard InChI is InChI=1S/C10H11IO2S/c1-2-14-9-5-7(6-10(12)13)3-4-8(9)11/h3-5H,2,6H2,1H3,(H,12,13). The Labute approximate surface area is 101 Å². The summed E-state index contributed by atoms with van der Waals surface area (Å²) in [7, 11) is 0. The first-order chi connectivity index (χ1) is 6.63. The van der Waals surface area contributed by atoms with Crippen molar-refractivity contribution in [3.63, 3.8) is 0 Å². The van der Waals surface area contributed by atoms with Crippen LogP contribution in [0.3, 0.4) is 0 Å². The Morgan fingerprint density at radius 1 is 1.57 bits per heavy atom. The van der Waals surface area contributed by atoms with Crippen molar-refractivity contribution in [1.82, 2.24) is 0 Å².